The maximum absolute atomic E-state index is 11.5. The second-order valence-electron chi connectivity index (χ2n) is 3.87. The van der Waals surface area contributed by atoms with Crippen LogP contribution in [0.25, 0.3) is 0 Å². The molecule has 1 heterocycles. The fourth-order valence-corrected chi connectivity index (χ4v) is 1.70. The van der Waals surface area contributed by atoms with E-state index in [1.165, 1.54) is 0 Å². The quantitative estimate of drug-likeness (QED) is 0.713. The Morgan fingerprint density at radius 3 is 3.07 bits per heavy atom. The standard InChI is InChI=1S/C11H16N2O/c1-2-13-8-7-12-11(13)6-5-10(14)9-3-4-9/h7-9H,2-6H2,1H3. The predicted molar refractivity (Wildman–Crippen MR) is 54.0 cm³/mol. The van der Waals surface area contributed by atoms with Crippen LogP contribution in [0.4, 0.5) is 0 Å². The van der Waals surface area contributed by atoms with Gasteiger partial charge in [0.1, 0.15) is 11.6 Å². The molecule has 14 heavy (non-hydrogen) atoms. The van der Waals surface area contributed by atoms with Crippen LogP contribution < -0.4 is 0 Å². The highest BCUT2D eigenvalue weighted by Crippen LogP contribution is 2.31. The summed E-state index contributed by atoms with van der Waals surface area (Å²) < 4.78 is 2.10. The second-order valence-corrected chi connectivity index (χ2v) is 3.87. The van der Waals surface area contributed by atoms with Crippen LogP contribution in [0.2, 0.25) is 0 Å². The fraction of sp³-hybridized carbons (Fsp3) is 0.636. The summed E-state index contributed by atoms with van der Waals surface area (Å²) in [6.45, 7) is 3.03. The summed E-state index contributed by atoms with van der Waals surface area (Å²) in [4.78, 5) is 15.7. The maximum Gasteiger partial charge on any atom is 0.136 e. The molecule has 1 aliphatic carbocycles. The molecule has 1 saturated carbocycles. The number of ketones is 1. The number of carbonyl (C=O) groups is 1. The first-order chi connectivity index (χ1) is 6.81. The molecule has 0 unspecified atom stereocenters. The van der Waals surface area contributed by atoms with E-state index in [4.69, 9.17) is 0 Å². The zero-order chi connectivity index (χ0) is 9.97. The first-order valence-corrected chi connectivity index (χ1v) is 5.34. The number of nitrogens with zero attached hydrogens (tertiary/aromatic N) is 2. The smallest absolute Gasteiger partial charge is 0.136 e. The molecule has 0 spiro atoms. The van der Waals surface area contributed by atoms with E-state index >= 15 is 0 Å². The Bertz CT molecular complexity index is 326. The van der Waals surface area contributed by atoms with Gasteiger partial charge in [-0.25, -0.2) is 4.98 Å². The summed E-state index contributed by atoms with van der Waals surface area (Å²) in [6.07, 6.45) is 7.47. The summed E-state index contributed by atoms with van der Waals surface area (Å²) in [5.41, 5.74) is 0. The molecule has 0 N–H and O–H groups in total. The van der Waals surface area contributed by atoms with Gasteiger partial charge in [0.15, 0.2) is 0 Å². The number of aromatic nitrogens is 2. The zero-order valence-electron chi connectivity index (χ0n) is 8.57. The van der Waals surface area contributed by atoms with Crippen molar-refractivity contribution in [2.75, 3.05) is 0 Å². The van der Waals surface area contributed by atoms with Crippen molar-refractivity contribution in [3.05, 3.63) is 18.2 Å². The third-order valence-corrected chi connectivity index (χ3v) is 2.77. The van der Waals surface area contributed by atoms with Gasteiger partial charge in [-0.15, -0.1) is 0 Å². The van der Waals surface area contributed by atoms with Gasteiger partial charge >= 0.3 is 0 Å². The van der Waals surface area contributed by atoms with E-state index in [2.05, 4.69) is 16.5 Å². The zero-order valence-corrected chi connectivity index (χ0v) is 8.57. The minimum absolute atomic E-state index is 0.389. The van der Waals surface area contributed by atoms with Gasteiger partial charge in [0.25, 0.3) is 0 Å². The summed E-state index contributed by atoms with van der Waals surface area (Å²) in [5, 5.41) is 0. The lowest BCUT2D eigenvalue weighted by atomic mass is 10.1. The van der Waals surface area contributed by atoms with Crippen LogP contribution in [-0.4, -0.2) is 15.3 Å². The number of aryl methyl sites for hydroxylation is 2. The lowest BCUT2D eigenvalue weighted by molar-refractivity contribution is -0.120. The number of carbonyl (C=O) groups excluding carboxylic acids is 1. The summed E-state index contributed by atoms with van der Waals surface area (Å²) in [5.74, 6) is 1.86. The van der Waals surface area contributed by atoms with E-state index in [-0.39, 0.29) is 0 Å². The van der Waals surface area contributed by atoms with Crippen molar-refractivity contribution in [2.24, 2.45) is 5.92 Å². The van der Waals surface area contributed by atoms with Crippen LogP contribution >= 0.6 is 0 Å². The lowest BCUT2D eigenvalue weighted by Gasteiger charge is -2.03. The van der Waals surface area contributed by atoms with E-state index in [1.54, 1.807) is 6.20 Å². The monoisotopic (exact) mass is 192 g/mol. The summed E-state index contributed by atoms with van der Waals surface area (Å²) in [7, 11) is 0. The van der Waals surface area contributed by atoms with Gasteiger partial charge in [0.05, 0.1) is 0 Å². The molecule has 2 rings (SSSR count). The van der Waals surface area contributed by atoms with E-state index in [0.29, 0.717) is 18.1 Å². The number of Topliss-reactive ketones (excluding diaryl/α,β-unsaturated/α-hetero) is 1. The second kappa shape index (κ2) is 3.95. The van der Waals surface area contributed by atoms with Crippen LogP contribution in [0.15, 0.2) is 12.4 Å². The Morgan fingerprint density at radius 1 is 1.64 bits per heavy atom. The van der Waals surface area contributed by atoms with Crippen LogP contribution in [0.3, 0.4) is 0 Å². The van der Waals surface area contributed by atoms with Gasteiger partial charge in [-0.05, 0) is 19.8 Å². The van der Waals surface area contributed by atoms with Gasteiger partial charge in [0.2, 0.25) is 0 Å². The van der Waals surface area contributed by atoms with Crippen molar-refractivity contribution in [1.29, 1.82) is 0 Å². The summed E-state index contributed by atoms with van der Waals surface area (Å²) in [6, 6.07) is 0. The van der Waals surface area contributed by atoms with Gasteiger partial charge in [0, 0.05) is 37.7 Å². The van der Waals surface area contributed by atoms with Crippen molar-refractivity contribution < 1.29 is 4.79 Å². The molecule has 0 atom stereocenters. The molecule has 0 aromatic carbocycles. The topological polar surface area (TPSA) is 34.9 Å². The summed E-state index contributed by atoms with van der Waals surface area (Å²) >= 11 is 0. The van der Waals surface area contributed by atoms with E-state index in [0.717, 1.165) is 31.6 Å². The average Bonchev–Trinajstić information content (AvgIpc) is 2.94. The Morgan fingerprint density at radius 2 is 2.43 bits per heavy atom. The van der Waals surface area contributed by atoms with Crippen LogP contribution in [0.5, 0.6) is 0 Å². The van der Waals surface area contributed by atoms with Crippen molar-refractivity contribution in [2.45, 2.75) is 39.2 Å². The fourth-order valence-electron chi connectivity index (χ4n) is 1.70. The molecule has 1 fully saturated rings. The third-order valence-electron chi connectivity index (χ3n) is 2.77. The van der Waals surface area contributed by atoms with E-state index in [9.17, 15) is 4.79 Å². The third kappa shape index (κ3) is 2.03. The molecule has 1 aromatic heterocycles. The van der Waals surface area contributed by atoms with Gasteiger partial charge in [-0.2, -0.15) is 0 Å². The average molecular weight is 192 g/mol. The first-order valence-electron chi connectivity index (χ1n) is 5.34. The molecular formula is C11H16N2O. The van der Waals surface area contributed by atoms with Gasteiger partial charge in [-0.3, -0.25) is 4.79 Å². The molecule has 1 aliphatic rings. The van der Waals surface area contributed by atoms with E-state index in [1.807, 2.05) is 6.20 Å². The highest BCUT2D eigenvalue weighted by atomic mass is 16.1. The van der Waals surface area contributed by atoms with Crippen molar-refractivity contribution in [1.82, 2.24) is 9.55 Å². The maximum atomic E-state index is 11.5. The molecule has 0 aliphatic heterocycles. The number of hydrogen-bond donors (Lipinski definition) is 0. The Balaban J connectivity index is 1.87. The van der Waals surface area contributed by atoms with Gasteiger partial charge in [-0.1, -0.05) is 0 Å². The largest absolute Gasteiger partial charge is 0.335 e. The van der Waals surface area contributed by atoms with Crippen LogP contribution in [0, 0.1) is 5.92 Å². The molecular weight excluding hydrogens is 176 g/mol. The SMILES string of the molecule is CCn1ccnc1CCC(=O)C1CC1. The molecule has 3 nitrogen and oxygen atoms in total. The van der Waals surface area contributed by atoms with Crippen LogP contribution in [0.1, 0.15) is 32.0 Å². The predicted octanol–water partition coefficient (Wildman–Crippen LogP) is 1.81. The Hall–Kier alpha value is -1.12. The normalized spacial score (nSPS) is 15.8. The number of hydrogen-bond acceptors (Lipinski definition) is 2. The lowest BCUT2D eigenvalue weighted by Crippen LogP contribution is -2.06. The van der Waals surface area contributed by atoms with Crippen molar-refractivity contribution >= 4 is 5.78 Å². The molecule has 1 aromatic rings. The number of imidazole rings is 1. The first kappa shape index (κ1) is 9.44. The van der Waals surface area contributed by atoms with Gasteiger partial charge < -0.3 is 4.57 Å². The Kier molecular flexibility index (Phi) is 2.66. The van der Waals surface area contributed by atoms with Crippen LogP contribution in [-0.2, 0) is 17.8 Å². The molecule has 0 radical (unpaired) electrons. The minimum atomic E-state index is 0.389. The highest BCUT2D eigenvalue weighted by molar-refractivity contribution is 5.83. The molecule has 76 valence electrons. The minimum Gasteiger partial charge on any atom is -0.335 e. The molecule has 3 heteroatoms. The van der Waals surface area contributed by atoms with E-state index < -0.39 is 0 Å². The molecule has 0 bridgehead atoms. The van der Waals surface area contributed by atoms with Crippen molar-refractivity contribution in [3.63, 3.8) is 0 Å². The highest BCUT2D eigenvalue weighted by Gasteiger charge is 2.28. The number of rotatable bonds is 5. The van der Waals surface area contributed by atoms with Crippen molar-refractivity contribution in [3.8, 4) is 0 Å². The molecule has 0 saturated heterocycles. The molecule has 0 amide bonds. The Labute approximate surface area is 84.1 Å².